The summed E-state index contributed by atoms with van der Waals surface area (Å²) in [6.45, 7) is 6.72. The van der Waals surface area contributed by atoms with Crippen LogP contribution in [0.5, 0.6) is 0 Å². The van der Waals surface area contributed by atoms with Gasteiger partial charge in [-0.2, -0.15) is 0 Å². The smallest absolute Gasteiger partial charge is 0.0445 e. The van der Waals surface area contributed by atoms with Crippen LogP contribution in [0.1, 0.15) is 32.3 Å². The van der Waals surface area contributed by atoms with Crippen molar-refractivity contribution in [1.82, 2.24) is 10.3 Å². The molecule has 1 aromatic heterocycles. The minimum Gasteiger partial charge on any atom is -0.368 e. The molecule has 2 rings (SSSR count). The number of hydrogen-bond donors (Lipinski definition) is 1. The molecule has 17 heavy (non-hydrogen) atoms. The normalized spacial score (nSPS) is 20.2. The van der Waals surface area contributed by atoms with Gasteiger partial charge in [0.15, 0.2) is 0 Å². The zero-order valence-corrected chi connectivity index (χ0v) is 11.1. The Morgan fingerprint density at radius 3 is 3.06 bits per heavy atom. The summed E-state index contributed by atoms with van der Waals surface area (Å²) >= 11 is 0. The van der Waals surface area contributed by atoms with Crippen LogP contribution in [0.25, 0.3) is 0 Å². The van der Waals surface area contributed by atoms with Gasteiger partial charge in [-0.1, -0.05) is 13.8 Å². The molecule has 2 heterocycles. The highest BCUT2D eigenvalue weighted by Crippen LogP contribution is 2.31. The first-order chi connectivity index (χ1) is 8.24. The molecule has 0 bridgehead atoms. The van der Waals surface area contributed by atoms with E-state index in [1.54, 1.807) is 0 Å². The number of rotatable bonds is 4. The van der Waals surface area contributed by atoms with Crippen molar-refractivity contribution in [2.24, 2.45) is 5.92 Å². The van der Waals surface area contributed by atoms with E-state index in [1.165, 1.54) is 30.6 Å². The summed E-state index contributed by atoms with van der Waals surface area (Å²) in [5.74, 6) is 0.716. The average Bonchev–Trinajstić information content (AvgIpc) is 2.79. The summed E-state index contributed by atoms with van der Waals surface area (Å²) in [6, 6.07) is 2.85. The summed E-state index contributed by atoms with van der Waals surface area (Å²) in [4.78, 5) is 6.81. The Balaban J connectivity index is 2.26. The SMILES string of the molecule is CNCc1cnccc1N1CCCC1C(C)C. The van der Waals surface area contributed by atoms with Gasteiger partial charge in [0, 0.05) is 42.8 Å². The highest BCUT2D eigenvalue weighted by Gasteiger charge is 2.28. The molecular weight excluding hydrogens is 210 g/mol. The highest BCUT2D eigenvalue weighted by atomic mass is 15.2. The maximum atomic E-state index is 4.24. The maximum Gasteiger partial charge on any atom is 0.0445 e. The van der Waals surface area contributed by atoms with Crippen molar-refractivity contribution < 1.29 is 0 Å². The van der Waals surface area contributed by atoms with Crippen LogP contribution < -0.4 is 10.2 Å². The van der Waals surface area contributed by atoms with E-state index in [1.807, 2.05) is 19.4 Å². The summed E-state index contributed by atoms with van der Waals surface area (Å²) < 4.78 is 0. The quantitative estimate of drug-likeness (QED) is 0.865. The van der Waals surface area contributed by atoms with Crippen LogP contribution in [-0.4, -0.2) is 24.6 Å². The Kier molecular flexibility index (Phi) is 4.00. The first-order valence-corrected chi connectivity index (χ1v) is 6.58. The summed E-state index contributed by atoms with van der Waals surface area (Å²) in [5.41, 5.74) is 2.67. The van der Waals surface area contributed by atoms with E-state index < -0.39 is 0 Å². The Morgan fingerprint density at radius 1 is 1.53 bits per heavy atom. The molecule has 0 saturated carbocycles. The minimum absolute atomic E-state index is 0.688. The number of aromatic nitrogens is 1. The summed E-state index contributed by atoms with van der Waals surface area (Å²) in [5, 5.41) is 3.23. The van der Waals surface area contributed by atoms with Gasteiger partial charge in [-0.05, 0) is 31.9 Å². The molecule has 1 aromatic rings. The molecule has 0 amide bonds. The second-order valence-electron chi connectivity index (χ2n) is 5.18. The van der Waals surface area contributed by atoms with E-state index in [-0.39, 0.29) is 0 Å². The van der Waals surface area contributed by atoms with Gasteiger partial charge >= 0.3 is 0 Å². The fourth-order valence-electron chi connectivity index (χ4n) is 2.81. The van der Waals surface area contributed by atoms with E-state index in [2.05, 4.69) is 35.1 Å². The average molecular weight is 233 g/mol. The lowest BCUT2D eigenvalue weighted by atomic mass is 10.0. The van der Waals surface area contributed by atoms with Gasteiger partial charge in [-0.15, -0.1) is 0 Å². The predicted octanol–water partition coefficient (Wildman–Crippen LogP) is 2.43. The first kappa shape index (κ1) is 12.4. The summed E-state index contributed by atoms with van der Waals surface area (Å²) in [7, 11) is 1.99. The van der Waals surface area contributed by atoms with E-state index in [0.717, 1.165) is 6.54 Å². The Bertz CT molecular complexity index is 362. The number of nitrogens with one attached hydrogen (secondary N) is 1. The lowest BCUT2D eigenvalue weighted by Crippen LogP contribution is -2.34. The van der Waals surface area contributed by atoms with Gasteiger partial charge in [0.25, 0.3) is 0 Å². The molecule has 0 aliphatic carbocycles. The van der Waals surface area contributed by atoms with Crippen LogP contribution in [0.4, 0.5) is 5.69 Å². The second-order valence-corrected chi connectivity index (χ2v) is 5.18. The van der Waals surface area contributed by atoms with Gasteiger partial charge in [0.2, 0.25) is 0 Å². The van der Waals surface area contributed by atoms with Crippen molar-refractivity contribution in [3.63, 3.8) is 0 Å². The largest absolute Gasteiger partial charge is 0.368 e. The number of pyridine rings is 1. The third kappa shape index (κ3) is 2.60. The number of hydrogen-bond acceptors (Lipinski definition) is 3. The van der Waals surface area contributed by atoms with Crippen molar-refractivity contribution in [3.05, 3.63) is 24.0 Å². The van der Waals surface area contributed by atoms with Crippen LogP contribution in [0.2, 0.25) is 0 Å². The lowest BCUT2D eigenvalue weighted by molar-refractivity contribution is 0.491. The second kappa shape index (κ2) is 5.50. The fourth-order valence-corrected chi connectivity index (χ4v) is 2.81. The molecular formula is C14H23N3. The zero-order valence-electron chi connectivity index (χ0n) is 11.1. The number of nitrogens with zero attached hydrogens (tertiary/aromatic N) is 2. The molecule has 1 saturated heterocycles. The predicted molar refractivity (Wildman–Crippen MR) is 72.2 cm³/mol. The Morgan fingerprint density at radius 2 is 2.35 bits per heavy atom. The molecule has 1 N–H and O–H groups in total. The Labute approximate surface area is 104 Å². The molecule has 94 valence electrons. The highest BCUT2D eigenvalue weighted by molar-refractivity contribution is 5.54. The van der Waals surface area contributed by atoms with Crippen LogP contribution in [-0.2, 0) is 6.54 Å². The van der Waals surface area contributed by atoms with Gasteiger partial charge in [0.1, 0.15) is 0 Å². The van der Waals surface area contributed by atoms with Gasteiger partial charge < -0.3 is 10.2 Å². The molecule has 3 heteroatoms. The maximum absolute atomic E-state index is 4.24. The van der Waals surface area contributed by atoms with E-state index in [9.17, 15) is 0 Å². The third-order valence-electron chi connectivity index (χ3n) is 3.62. The van der Waals surface area contributed by atoms with Crippen molar-refractivity contribution in [1.29, 1.82) is 0 Å². The molecule has 1 aliphatic rings. The van der Waals surface area contributed by atoms with Crippen LogP contribution in [0, 0.1) is 5.92 Å². The molecule has 0 spiro atoms. The zero-order chi connectivity index (χ0) is 12.3. The molecule has 0 radical (unpaired) electrons. The van der Waals surface area contributed by atoms with Crippen molar-refractivity contribution >= 4 is 5.69 Å². The Hall–Kier alpha value is -1.09. The molecule has 0 aromatic carbocycles. The van der Waals surface area contributed by atoms with E-state index in [4.69, 9.17) is 0 Å². The van der Waals surface area contributed by atoms with Crippen LogP contribution in [0.15, 0.2) is 18.5 Å². The van der Waals surface area contributed by atoms with Crippen molar-refractivity contribution in [3.8, 4) is 0 Å². The molecule has 1 atom stereocenters. The third-order valence-corrected chi connectivity index (χ3v) is 3.62. The van der Waals surface area contributed by atoms with Gasteiger partial charge in [-0.3, -0.25) is 4.98 Å². The van der Waals surface area contributed by atoms with Gasteiger partial charge in [0.05, 0.1) is 0 Å². The van der Waals surface area contributed by atoms with Crippen molar-refractivity contribution in [2.45, 2.75) is 39.3 Å². The van der Waals surface area contributed by atoms with E-state index >= 15 is 0 Å². The fraction of sp³-hybridized carbons (Fsp3) is 0.643. The molecule has 3 nitrogen and oxygen atoms in total. The topological polar surface area (TPSA) is 28.2 Å². The summed E-state index contributed by atoms with van der Waals surface area (Å²) in [6.07, 6.45) is 6.52. The minimum atomic E-state index is 0.688. The molecule has 1 fully saturated rings. The lowest BCUT2D eigenvalue weighted by Gasteiger charge is -2.31. The number of anilines is 1. The van der Waals surface area contributed by atoms with Crippen LogP contribution >= 0.6 is 0 Å². The first-order valence-electron chi connectivity index (χ1n) is 6.58. The monoisotopic (exact) mass is 233 g/mol. The molecule has 1 unspecified atom stereocenters. The van der Waals surface area contributed by atoms with Crippen molar-refractivity contribution in [2.75, 3.05) is 18.5 Å². The van der Waals surface area contributed by atoms with Crippen LogP contribution in [0.3, 0.4) is 0 Å². The standard InChI is InChI=1S/C14H23N3/c1-11(2)13-5-4-8-17(13)14-6-7-16-10-12(14)9-15-3/h6-7,10-11,13,15H,4-5,8-9H2,1-3H3. The van der Waals surface area contributed by atoms with E-state index in [0.29, 0.717) is 12.0 Å². The van der Waals surface area contributed by atoms with Gasteiger partial charge in [-0.25, -0.2) is 0 Å². The molecule has 1 aliphatic heterocycles.